The van der Waals surface area contributed by atoms with Crippen LogP contribution < -0.4 is 9.47 Å². The Morgan fingerprint density at radius 3 is 2.30 bits per heavy atom. The normalized spacial score (nSPS) is 12.1. The summed E-state index contributed by atoms with van der Waals surface area (Å²) < 4.78 is 9.99. The minimum absolute atomic E-state index is 0.187. The fourth-order valence-corrected chi connectivity index (χ4v) is 1.67. The van der Waals surface area contributed by atoms with Crippen LogP contribution >= 0.6 is 0 Å². The zero-order valence-electron chi connectivity index (χ0n) is 13.1. The molecule has 0 spiro atoms. The van der Waals surface area contributed by atoms with Crippen molar-refractivity contribution in [2.75, 3.05) is 6.61 Å². The molecule has 0 heterocycles. The molecule has 0 aliphatic heterocycles. The molecule has 1 aromatic carbocycles. The van der Waals surface area contributed by atoms with Crippen molar-refractivity contribution >= 4 is 11.9 Å². The Morgan fingerprint density at radius 2 is 1.74 bits per heavy atom. The smallest absolute Gasteiger partial charge is 0.342 e. The first-order valence-corrected chi connectivity index (χ1v) is 7.53. The van der Waals surface area contributed by atoms with E-state index in [1.165, 1.54) is 24.3 Å². The number of allylic oxidation sites excluding steroid dienone is 2. The van der Waals surface area contributed by atoms with Crippen LogP contribution in [-0.4, -0.2) is 34.9 Å². The Labute approximate surface area is 135 Å². The molecule has 1 atom stereocenters. The van der Waals surface area contributed by atoms with Crippen molar-refractivity contribution in [2.24, 2.45) is 0 Å². The number of esters is 2. The zero-order chi connectivity index (χ0) is 17.1. The van der Waals surface area contributed by atoms with E-state index in [9.17, 15) is 9.59 Å². The van der Waals surface area contributed by atoms with Crippen LogP contribution in [0.1, 0.15) is 32.6 Å². The number of unbranched alkanes of at least 4 members (excludes halogenated alkanes) is 1. The van der Waals surface area contributed by atoms with E-state index in [1.807, 2.05) is 6.08 Å². The van der Waals surface area contributed by atoms with E-state index < -0.39 is 18.7 Å². The number of rotatable bonds is 9. The predicted octanol–water partition coefficient (Wildman–Crippen LogP) is 1.99. The lowest BCUT2D eigenvalue weighted by atomic mass is 10.2. The van der Waals surface area contributed by atoms with Gasteiger partial charge in [0, 0.05) is 6.42 Å². The molecule has 1 unspecified atom stereocenters. The van der Waals surface area contributed by atoms with Crippen LogP contribution in [0, 0.1) is 0 Å². The van der Waals surface area contributed by atoms with Gasteiger partial charge in [0.05, 0.1) is 6.61 Å². The molecule has 6 heteroatoms. The molecule has 0 aromatic heterocycles. The van der Waals surface area contributed by atoms with E-state index in [0.717, 1.165) is 19.3 Å². The molecule has 0 bridgehead atoms. The summed E-state index contributed by atoms with van der Waals surface area (Å²) in [4.78, 5) is 22.9. The maximum Gasteiger partial charge on any atom is 0.342 e. The van der Waals surface area contributed by atoms with Crippen molar-refractivity contribution in [1.82, 2.24) is 0 Å². The summed E-state index contributed by atoms with van der Waals surface area (Å²) in [6.07, 6.45) is 5.39. The average molecular weight is 322 g/mol. The van der Waals surface area contributed by atoms with Gasteiger partial charge in [-0.3, -0.25) is 4.79 Å². The van der Waals surface area contributed by atoms with Crippen LogP contribution in [-0.2, 0) is 9.59 Å². The third kappa shape index (κ3) is 7.58. The average Bonchev–Trinajstić information content (AvgIpc) is 2.55. The van der Waals surface area contributed by atoms with E-state index in [2.05, 4.69) is 13.0 Å². The standard InChI is InChI=1S/C17H22O6/c1-2-3-4-5-6-7-16(20)22-13-8-10-14(11-9-13)23-17(21)15(19)12-18/h3-4,8-11,15,18-19H,2,5-7,12H2,1H3/b4-3-. The highest BCUT2D eigenvalue weighted by molar-refractivity contribution is 5.77. The second-order valence-electron chi connectivity index (χ2n) is 4.84. The maximum absolute atomic E-state index is 11.6. The van der Waals surface area contributed by atoms with Crippen molar-refractivity contribution in [3.8, 4) is 11.5 Å². The van der Waals surface area contributed by atoms with Crippen LogP contribution in [0.4, 0.5) is 0 Å². The summed E-state index contributed by atoms with van der Waals surface area (Å²) in [6.45, 7) is 1.35. The second kappa shape index (κ2) is 10.5. The molecule has 0 saturated heterocycles. The molecule has 0 aliphatic carbocycles. The maximum atomic E-state index is 11.6. The van der Waals surface area contributed by atoms with Gasteiger partial charge in [0.15, 0.2) is 6.10 Å². The fourth-order valence-electron chi connectivity index (χ4n) is 1.67. The molecule has 0 aliphatic rings. The summed E-state index contributed by atoms with van der Waals surface area (Å²) in [5.74, 6) is -0.735. The van der Waals surface area contributed by atoms with Crippen molar-refractivity contribution in [3.05, 3.63) is 36.4 Å². The third-order valence-corrected chi connectivity index (χ3v) is 2.87. The Kier molecular flexibility index (Phi) is 8.64. The zero-order valence-corrected chi connectivity index (χ0v) is 13.1. The summed E-state index contributed by atoms with van der Waals surface area (Å²) in [7, 11) is 0. The monoisotopic (exact) mass is 322 g/mol. The molecule has 0 amide bonds. The molecule has 0 fully saturated rings. The van der Waals surface area contributed by atoms with Crippen LogP contribution in [0.5, 0.6) is 11.5 Å². The topological polar surface area (TPSA) is 93.1 Å². The summed E-state index contributed by atoms with van der Waals surface area (Å²) in [5.41, 5.74) is 0. The molecular formula is C17H22O6. The number of carbonyl (C=O) groups is 2. The largest absolute Gasteiger partial charge is 0.427 e. The number of aliphatic hydroxyl groups is 2. The lowest BCUT2D eigenvalue weighted by Gasteiger charge is -2.08. The quantitative estimate of drug-likeness (QED) is 0.312. The molecule has 0 radical (unpaired) electrons. The molecule has 2 N–H and O–H groups in total. The highest BCUT2D eigenvalue weighted by Gasteiger charge is 2.16. The second-order valence-corrected chi connectivity index (χ2v) is 4.84. The van der Waals surface area contributed by atoms with E-state index in [-0.39, 0.29) is 11.7 Å². The first-order valence-electron chi connectivity index (χ1n) is 7.53. The first kappa shape index (κ1) is 18.9. The fraction of sp³-hybridized carbons (Fsp3) is 0.412. The van der Waals surface area contributed by atoms with E-state index >= 15 is 0 Å². The molecule has 1 aromatic rings. The van der Waals surface area contributed by atoms with Crippen LogP contribution in [0.25, 0.3) is 0 Å². The van der Waals surface area contributed by atoms with Gasteiger partial charge in [-0.1, -0.05) is 19.1 Å². The molecule has 0 saturated carbocycles. The molecule has 1 rings (SSSR count). The van der Waals surface area contributed by atoms with Crippen molar-refractivity contribution < 1.29 is 29.3 Å². The van der Waals surface area contributed by atoms with E-state index in [1.54, 1.807) is 0 Å². The molecular weight excluding hydrogens is 300 g/mol. The van der Waals surface area contributed by atoms with Gasteiger partial charge in [-0.25, -0.2) is 4.79 Å². The van der Waals surface area contributed by atoms with E-state index in [0.29, 0.717) is 12.2 Å². The van der Waals surface area contributed by atoms with Gasteiger partial charge >= 0.3 is 11.9 Å². The first-order chi connectivity index (χ1) is 11.1. The van der Waals surface area contributed by atoms with Gasteiger partial charge in [-0.15, -0.1) is 0 Å². The van der Waals surface area contributed by atoms with Crippen LogP contribution in [0.3, 0.4) is 0 Å². The van der Waals surface area contributed by atoms with E-state index in [4.69, 9.17) is 19.7 Å². The molecule has 23 heavy (non-hydrogen) atoms. The van der Waals surface area contributed by atoms with Crippen LogP contribution in [0.2, 0.25) is 0 Å². The SMILES string of the molecule is CC/C=C\CCCC(=O)Oc1ccc(OC(=O)C(O)CO)cc1. The lowest BCUT2D eigenvalue weighted by molar-refractivity contribution is -0.145. The van der Waals surface area contributed by atoms with Gasteiger partial charge in [0.2, 0.25) is 0 Å². The van der Waals surface area contributed by atoms with Crippen molar-refractivity contribution in [3.63, 3.8) is 0 Å². The highest BCUT2D eigenvalue weighted by atomic mass is 16.6. The number of carbonyl (C=O) groups excluding carboxylic acids is 2. The Balaban J connectivity index is 2.40. The number of hydrogen-bond acceptors (Lipinski definition) is 6. The summed E-state index contributed by atoms with van der Waals surface area (Å²) in [5, 5.41) is 17.7. The van der Waals surface area contributed by atoms with Gasteiger partial charge in [-0.2, -0.15) is 0 Å². The Bertz CT molecular complexity index is 520. The van der Waals surface area contributed by atoms with Gasteiger partial charge in [-0.05, 0) is 43.5 Å². The lowest BCUT2D eigenvalue weighted by Crippen LogP contribution is -2.28. The number of ether oxygens (including phenoxy) is 2. The predicted molar refractivity (Wildman–Crippen MR) is 84.1 cm³/mol. The Morgan fingerprint density at radius 1 is 1.13 bits per heavy atom. The van der Waals surface area contributed by atoms with Crippen molar-refractivity contribution in [2.45, 2.75) is 38.7 Å². The minimum Gasteiger partial charge on any atom is -0.427 e. The molecule has 6 nitrogen and oxygen atoms in total. The van der Waals surface area contributed by atoms with Gasteiger partial charge in [0.25, 0.3) is 0 Å². The van der Waals surface area contributed by atoms with Gasteiger partial charge in [0.1, 0.15) is 11.5 Å². The molecule has 126 valence electrons. The van der Waals surface area contributed by atoms with Crippen molar-refractivity contribution in [1.29, 1.82) is 0 Å². The number of hydrogen-bond donors (Lipinski definition) is 2. The summed E-state index contributed by atoms with van der Waals surface area (Å²) >= 11 is 0. The minimum atomic E-state index is -1.57. The van der Waals surface area contributed by atoms with Gasteiger partial charge < -0.3 is 19.7 Å². The third-order valence-electron chi connectivity index (χ3n) is 2.87. The highest BCUT2D eigenvalue weighted by Crippen LogP contribution is 2.18. The Hall–Kier alpha value is -2.18. The number of aliphatic hydroxyl groups excluding tert-OH is 2. The number of benzene rings is 1. The van der Waals surface area contributed by atoms with Crippen LogP contribution in [0.15, 0.2) is 36.4 Å². The summed E-state index contributed by atoms with van der Waals surface area (Å²) in [6, 6.07) is 5.86.